The zero-order valence-electron chi connectivity index (χ0n) is 16.5. The van der Waals surface area contributed by atoms with E-state index in [-0.39, 0.29) is 0 Å². The van der Waals surface area contributed by atoms with Crippen LogP contribution >= 0.6 is 0 Å². The Hall–Kier alpha value is -1.59. The Bertz CT molecular complexity index is 559. The van der Waals surface area contributed by atoms with Crippen LogP contribution < -0.4 is 5.32 Å². The number of likely N-dealkylation sites (tertiary alicyclic amines) is 1. The van der Waals surface area contributed by atoms with Gasteiger partial charge in [0.2, 0.25) is 0 Å². The highest BCUT2D eigenvalue weighted by molar-refractivity contribution is 5.80. The molecule has 2 fully saturated rings. The number of hydrogen-bond donors (Lipinski definition) is 1. The van der Waals surface area contributed by atoms with Gasteiger partial charge in [0.15, 0.2) is 5.96 Å². The summed E-state index contributed by atoms with van der Waals surface area (Å²) in [6.07, 6.45) is 2.48. The van der Waals surface area contributed by atoms with Crippen molar-refractivity contribution in [2.45, 2.75) is 25.7 Å². The van der Waals surface area contributed by atoms with Gasteiger partial charge in [0.1, 0.15) is 0 Å². The summed E-state index contributed by atoms with van der Waals surface area (Å²) in [5.41, 5.74) is 1.46. The highest BCUT2D eigenvalue weighted by atomic mass is 15.3. The van der Waals surface area contributed by atoms with Gasteiger partial charge < -0.3 is 20.0 Å². The average molecular weight is 358 g/mol. The number of rotatable bonds is 5. The van der Waals surface area contributed by atoms with Gasteiger partial charge in [0.05, 0.1) is 6.54 Å². The quantitative estimate of drug-likeness (QED) is 0.646. The smallest absolute Gasteiger partial charge is 0.193 e. The molecule has 1 unspecified atom stereocenters. The largest absolute Gasteiger partial charge is 0.357 e. The van der Waals surface area contributed by atoms with Crippen molar-refractivity contribution in [3.05, 3.63) is 35.9 Å². The molecule has 0 spiro atoms. The lowest BCUT2D eigenvalue weighted by atomic mass is 9.99. The molecule has 1 atom stereocenters. The standard InChI is InChI=1S/C21H35N5/c1-3-22-21(23-11-15-25-13-7-12-24(2)16-17-25)26-14-10-20(18-26)19-8-5-4-6-9-19/h4-6,8-9,20H,3,7,10-18H2,1-2H3,(H,22,23). The van der Waals surface area contributed by atoms with Crippen molar-refractivity contribution in [2.24, 2.45) is 4.99 Å². The van der Waals surface area contributed by atoms with E-state index in [1.54, 1.807) is 0 Å². The highest BCUT2D eigenvalue weighted by Gasteiger charge is 2.25. The van der Waals surface area contributed by atoms with Crippen LogP contribution in [-0.4, -0.2) is 86.6 Å². The first-order valence-corrected chi connectivity index (χ1v) is 10.3. The first-order valence-electron chi connectivity index (χ1n) is 10.3. The number of benzene rings is 1. The molecule has 0 aromatic heterocycles. The molecule has 26 heavy (non-hydrogen) atoms. The molecule has 0 radical (unpaired) electrons. The third kappa shape index (κ3) is 5.45. The summed E-state index contributed by atoms with van der Waals surface area (Å²) in [7, 11) is 2.22. The Balaban J connectivity index is 1.52. The predicted molar refractivity (Wildman–Crippen MR) is 110 cm³/mol. The Kier molecular flexibility index (Phi) is 7.32. The Morgan fingerprint density at radius 3 is 2.77 bits per heavy atom. The molecular weight excluding hydrogens is 322 g/mol. The second-order valence-corrected chi connectivity index (χ2v) is 7.58. The van der Waals surface area contributed by atoms with Crippen LogP contribution in [0, 0.1) is 0 Å². The van der Waals surface area contributed by atoms with Crippen LogP contribution in [0.4, 0.5) is 0 Å². The fourth-order valence-corrected chi connectivity index (χ4v) is 4.00. The maximum atomic E-state index is 4.94. The van der Waals surface area contributed by atoms with Gasteiger partial charge in [-0.2, -0.15) is 0 Å². The van der Waals surface area contributed by atoms with Gasteiger partial charge in [0.25, 0.3) is 0 Å². The molecule has 0 aliphatic carbocycles. The summed E-state index contributed by atoms with van der Waals surface area (Å²) < 4.78 is 0. The molecule has 2 heterocycles. The first-order chi connectivity index (χ1) is 12.8. The van der Waals surface area contributed by atoms with Crippen LogP contribution in [0.3, 0.4) is 0 Å². The summed E-state index contributed by atoms with van der Waals surface area (Å²) in [5.74, 6) is 1.72. The summed E-state index contributed by atoms with van der Waals surface area (Å²) in [6.45, 7) is 12.0. The predicted octanol–water partition coefficient (Wildman–Crippen LogP) is 2.08. The molecule has 5 heteroatoms. The number of nitrogens with zero attached hydrogens (tertiary/aromatic N) is 4. The lowest BCUT2D eigenvalue weighted by molar-refractivity contribution is 0.283. The topological polar surface area (TPSA) is 34.1 Å². The lowest BCUT2D eigenvalue weighted by Gasteiger charge is -2.23. The third-order valence-corrected chi connectivity index (χ3v) is 5.58. The van der Waals surface area contributed by atoms with E-state index in [1.807, 2.05) is 0 Å². The molecule has 3 rings (SSSR count). The van der Waals surface area contributed by atoms with Gasteiger partial charge in [0, 0.05) is 45.2 Å². The molecule has 2 aliphatic rings. The van der Waals surface area contributed by atoms with Gasteiger partial charge in [-0.15, -0.1) is 0 Å². The van der Waals surface area contributed by atoms with Gasteiger partial charge in [-0.1, -0.05) is 30.3 Å². The molecule has 0 saturated carbocycles. The van der Waals surface area contributed by atoms with Gasteiger partial charge in [-0.25, -0.2) is 0 Å². The molecule has 2 aliphatic heterocycles. The molecule has 2 saturated heterocycles. The molecule has 1 aromatic rings. The SMILES string of the molecule is CCNC(=NCCN1CCCN(C)CC1)N1CCC(c2ccccc2)C1. The average Bonchev–Trinajstić information content (AvgIpc) is 3.06. The molecular formula is C21H35N5. The van der Waals surface area contributed by atoms with Gasteiger partial charge in [-0.3, -0.25) is 4.99 Å². The molecule has 5 nitrogen and oxygen atoms in total. The monoisotopic (exact) mass is 357 g/mol. The minimum Gasteiger partial charge on any atom is -0.357 e. The van der Waals surface area contributed by atoms with Crippen LogP contribution in [0.5, 0.6) is 0 Å². The van der Waals surface area contributed by atoms with E-state index in [9.17, 15) is 0 Å². The van der Waals surface area contributed by atoms with Gasteiger partial charge in [-0.05, 0) is 45.5 Å². The maximum Gasteiger partial charge on any atom is 0.193 e. The maximum absolute atomic E-state index is 4.94. The van der Waals surface area contributed by atoms with Crippen molar-refractivity contribution in [3.63, 3.8) is 0 Å². The fraction of sp³-hybridized carbons (Fsp3) is 0.667. The van der Waals surface area contributed by atoms with Crippen molar-refractivity contribution in [2.75, 3.05) is 66.0 Å². The Labute approximate surface area is 159 Å². The van der Waals surface area contributed by atoms with Crippen LogP contribution in [0.25, 0.3) is 0 Å². The highest BCUT2D eigenvalue weighted by Crippen LogP contribution is 2.26. The minimum absolute atomic E-state index is 0.626. The molecule has 144 valence electrons. The van der Waals surface area contributed by atoms with Crippen LogP contribution in [0.2, 0.25) is 0 Å². The van der Waals surface area contributed by atoms with Crippen molar-refractivity contribution < 1.29 is 0 Å². The van der Waals surface area contributed by atoms with E-state index in [0.717, 1.165) is 38.7 Å². The number of nitrogens with one attached hydrogen (secondary N) is 1. The summed E-state index contributed by atoms with van der Waals surface area (Å²) in [6, 6.07) is 10.9. The van der Waals surface area contributed by atoms with E-state index in [2.05, 4.69) is 64.3 Å². The second-order valence-electron chi connectivity index (χ2n) is 7.58. The number of guanidine groups is 1. The fourth-order valence-electron chi connectivity index (χ4n) is 4.00. The molecule has 1 N–H and O–H groups in total. The molecule has 1 aromatic carbocycles. The Morgan fingerprint density at radius 1 is 1.12 bits per heavy atom. The molecule has 0 bridgehead atoms. The van der Waals surface area contributed by atoms with E-state index in [1.165, 1.54) is 44.6 Å². The van der Waals surface area contributed by atoms with E-state index < -0.39 is 0 Å². The summed E-state index contributed by atoms with van der Waals surface area (Å²) in [5, 5.41) is 3.50. The van der Waals surface area contributed by atoms with Crippen molar-refractivity contribution in [1.82, 2.24) is 20.0 Å². The van der Waals surface area contributed by atoms with Crippen molar-refractivity contribution >= 4 is 5.96 Å². The minimum atomic E-state index is 0.626. The van der Waals surface area contributed by atoms with Crippen LogP contribution in [0.1, 0.15) is 31.2 Å². The third-order valence-electron chi connectivity index (χ3n) is 5.58. The van der Waals surface area contributed by atoms with E-state index in [0.29, 0.717) is 5.92 Å². The van der Waals surface area contributed by atoms with Crippen molar-refractivity contribution in [3.8, 4) is 0 Å². The van der Waals surface area contributed by atoms with Crippen molar-refractivity contribution in [1.29, 1.82) is 0 Å². The normalized spacial score (nSPS) is 23.2. The number of likely N-dealkylation sites (N-methyl/N-ethyl adjacent to an activating group) is 1. The lowest BCUT2D eigenvalue weighted by Crippen LogP contribution is -2.40. The summed E-state index contributed by atoms with van der Waals surface area (Å²) >= 11 is 0. The number of hydrogen-bond acceptors (Lipinski definition) is 3. The van der Waals surface area contributed by atoms with Gasteiger partial charge >= 0.3 is 0 Å². The Morgan fingerprint density at radius 2 is 1.96 bits per heavy atom. The zero-order chi connectivity index (χ0) is 18.2. The van der Waals surface area contributed by atoms with E-state index >= 15 is 0 Å². The van der Waals surface area contributed by atoms with Crippen LogP contribution in [-0.2, 0) is 0 Å². The van der Waals surface area contributed by atoms with E-state index in [4.69, 9.17) is 4.99 Å². The molecule has 0 amide bonds. The summed E-state index contributed by atoms with van der Waals surface area (Å²) in [4.78, 5) is 12.4. The van der Waals surface area contributed by atoms with Crippen LogP contribution in [0.15, 0.2) is 35.3 Å². The first kappa shape index (κ1) is 19.2. The number of aliphatic imine (C=N–C) groups is 1. The zero-order valence-corrected chi connectivity index (χ0v) is 16.5. The second kappa shape index (κ2) is 9.93.